The van der Waals surface area contributed by atoms with E-state index in [0.717, 1.165) is 39.0 Å². The molecule has 0 aromatic heterocycles. The van der Waals surface area contributed by atoms with Crippen LogP contribution < -0.4 is 5.32 Å². The van der Waals surface area contributed by atoms with Crippen molar-refractivity contribution in [2.45, 2.75) is 45.7 Å². The van der Waals surface area contributed by atoms with E-state index < -0.39 is 0 Å². The zero-order chi connectivity index (χ0) is 17.4. The zero-order valence-corrected chi connectivity index (χ0v) is 14.8. The Kier molecular flexibility index (Phi) is 7.25. The van der Waals surface area contributed by atoms with Crippen LogP contribution in [-0.4, -0.2) is 53.8 Å². The average Bonchev–Trinajstić information content (AvgIpc) is 2.75. The standard InChI is InChI=1S/C19H29N3O2/c1-3-8-18(23)20-13-19(24)22-12-7-11-21(14-16(22)2)15-17-9-5-4-6-10-17/h4-6,9-10,16H,3,7-8,11-15H2,1-2H3,(H,20,23). The third-order valence-electron chi connectivity index (χ3n) is 4.41. The molecule has 0 bridgehead atoms. The Morgan fingerprint density at radius 2 is 1.96 bits per heavy atom. The number of benzene rings is 1. The van der Waals surface area contributed by atoms with Crippen LogP contribution >= 0.6 is 0 Å². The van der Waals surface area contributed by atoms with Crippen molar-refractivity contribution in [2.24, 2.45) is 0 Å². The van der Waals surface area contributed by atoms with E-state index in [0.29, 0.717) is 6.42 Å². The number of carbonyl (C=O) groups is 2. The van der Waals surface area contributed by atoms with Crippen molar-refractivity contribution in [3.63, 3.8) is 0 Å². The summed E-state index contributed by atoms with van der Waals surface area (Å²) in [4.78, 5) is 28.3. The summed E-state index contributed by atoms with van der Waals surface area (Å²) in [5.41, 5.74) is 1.30. The third-order valence-corrected chi connectivity index (χ3v) is 4.41. The SMILES string of the molecule is CCCC(=O)NCC(=O)N1CCCN(Cc2ccccc2)CC1C. The summed E-state index contributed by atoms with van der Waals surface area (Å²) in [6.07, 6.45) is 2.24. The number of nitrogens with zero attached hydrogens (tertiary/aromatic N) is 2. The van der Waals surface area contributed by atoms with Crippen molar-refractivity contribution in [3.05, 3.63) is 35.9 Å². The first-order chi connectivity index (χ1) is 11.6. The second-order valence-corrected chi connectivity index (χ2v) is 6.54. The van der Waals surface area contributed by atoms with E-state index in [2.05, 4.69) is 41.4 Å². The first-order valence-corrected chi connectivity index (χ1v) is 8.92. The van der Waals surface area contributed by atoms with Gasteiger partial charge in [-0.2, -0.15) is 0 Å². The third kappa shape index (κ3) is 5.64. The van der Waals surface area contributed by atoms with E-state index in [4.69, 9.17) is 0 Å². The Bertz CT molecular complexity index is 533. The van der Waals surface area contributed by atoms with E-state index in [-0.39, 0.29) is 24.4 Å². The van der Waals surface area contributed by atoms with E-state index >= 15 is 0 Å². The van der Waals surface area contributed by atoms with Gasteiger partial charge in [-0.1, -0.05) is 37.3 Å². The van der Waals surface area contributed by atoms with Crippen LogP contribution in [0.1, 0.15) is 38.7 Å². The molecule has 1 heterocycles. The molecule has 1 aromatic rings. The maximum absolute atomic E-state index is 12.4. The lowest BCUT2D eigenvalue weighted by Crippen LogP contribution is -2.46. The van der Waals surface area contributed by atoms with Crippen LogP contribution in [0, 0.1) is 0 Å². The molecule has 0 radical (unpaired) electrons. The van der Waals surface area contributed by atoms with E-state index in [1.807, 2.05) is 17.9 Å². The summed E-state index contributed by atoms with van der Waals surface area (Å²) < 4.78 is 0. The van der Waals surface area contributed by atoms with Crippen LogP contribution in [0.15, 0.2) is 30.3 Å². The number of rotatable bonds is 6. The Hall–Kier alpha value is -1.88. The number of hydrogen-bond acceptors (Lipinski definition) is 3. The topological polar surface area (TPSA) is 52.7 Å². The van der Waals surface area contributed by atoms with Gasteiger partial charge in [-0.05, 0) is 25.3 Å². The van der Waals surface area contributed by atoms with Gasteiger partial charge in [0.05, 0.1) is 6.54 Å². The smallest absolute Gasteiger partial charge is 0.242 e. The molecule has 2 amide bonds. The normalized spacial score (nSPS) is 18.9. The summed E-state index contributed by atoms with van der Waals surface area (Å²) in [7, 11) is 0. The van der Waals surface area contributed by atoms with Crippen LogP contribution in [0.25, 0.3) is 0 Å². The number of carbonyl (C=O) groups excluding carboxylic acids is 2. The highest BCUT2D eigenvalue weighted by Crippen LogP contribution is 2.13. The quantitative estimate of drug-likeness (QED) is 0.868. The fourth-order valence-electron chi connectivity index (χ4n) is 3.20. The minimum absolute atomic E-state index is 0.0218. The lowest BCUT2D eigenvalue weighted by atomic mass is 10.2. The molecule has 1 saturated heterocycles. The summed E-state index contributed by atoms with van der Waals surface area (Å²) in [5.74, 6) is -0.0208. The van der Waals surface area contributed by atoms with Gasteiger partial charge in [0, 0.05) is 38.6 Å². The predicted molar refractivity (Wildman–Crippen MR) is 95.4 cm³/mol. The summed E-state index contributed by atoms with van der Waals surface area (Å²) in [5, 5.41) is 2.73. The Balaban J connectivity index is 1.85. The van der Waals surface area contributed by atoms with Gasteiger partial charge in [0.2, 0.25) is 11.8 Å². The number of hydrogen-bond donors (Lipinski definition) is 1. The van der Waals surface area contributed by atoms with Gasteiger partial charge in [0.15, 0.2) is 0 Å². The minimum atomic E-state index is -0.0426. The van der Waals surface area contributed by atoms with Gasteiger partial charge in [-0.3, -0.25) is 14.5 Å². The van der Waals surface area contributed by atoms with Crippen molar-refractivity contribution in [3.8, 4) is 0 Å². The molecule has 1 unspecified atom stereocenters. The predicted octanol–water partition coefficient (Wildman–Crippen LogP) is 2.03. The lowest BCUT2D eigenvalue weighted by molar-refractivity contribution is -0.134. The second-order valence-electron chi connectivity index (χ2n) is 6.54. The van der Waals surface area contributed by atoms with Crippen molar-refractivity contribution in [1.29, 1.82) is 0 Å². The first-order valence-electron chi connectivity index (χ1n) is 8.92. The van der Waals surface area contributed by atoms with E-state index in [9.17, 15) is 9.59 Å². The molecule has 1 aliphatic heterocycles. The Labute approximate surface area is 145 Å². The molecule has 0 aliphatic carbocycles. The van der Waals surface area contributed by atoms with Gasteiger partial charge in [-0.15, -0.1) is 0 Å². The van der Waals surface area contributed by atoms with Crippen LogP contribution in [0.2, 0.25) is 0 Å². The molecule has 0 saturated carbocycles. The van der Waals surface area contributed by atoms with Gasteiger partial charge in [-0.25, -0.2) is 0 Å². The van der Waals surface area contributed by atoms with Crippen molar-refractivity contribution < 1.29 is 9.59 Å². The molecule has 1 aliphatic rings. The summed E-state index contributed by atoms with van der Waals surface area (Å²) in [6, 6.07) is 10.6. The molecule has 5 heteroatoms. The molecular formula is C19H29N3O2. The Morgan fingerprint density at radius 1 is 1.21 bits per heavy atom. The van der Waals surface area contributed by atoms with Crippen molar-refractivity contribution in [1.82, 2.24) is 15.1 Å². The van der Waals surface area contributed by atoms with Crippen LogP contribution in [0.4, 0.5) is 0 Å². The zero-order valence-electron chi connectivity index (χ0n) is 14.8. The van der Waals surface area contributed by atoms with Gasteiger partial charge in [0.1, 0.15) is 0 Å². The fraction of sp³-hybridized carbons (Fsp3) is 0.579. The monoisotopic (exact) mass is 331 g/mol. The highest BCUT2D eigenvalue weighted by molar-refractivity contribution is 5.84. The van der Waals surface area contributed by atoms with Gasteiger partial charge < -0.3 is 10.2 Å². The van der Waals surface area contributed by atoms with Crippen LogP contribution in [-0.2, 0) is 16.1 Å². The molecule has 1 N–H and O–H groups in total. The average molecular weight is 331 g/mol. The van der Waals surface area contributed by atoms with Gasteiger partial charge in [0.25, 0.3) is 0 Å². The molecule has 1 atom stereocenters. The summed E-state index contributed by atoms with van der Waals surface area (Å²) >= 11 is 0. The summed E-state index contributed by atoms with van der Waals surface area (Å²) in [6.45, 7) is 7.70. The highest BCUT2D eigenvalue weighted by atomic mass is 16.2. The second kappa shape index (κ2) is 9.42. The van der Waals surface area contributed by atoms with Crippen molar-refractivity contribution in [2.75, 3.05) is 26.2 Å². The maximum Gasteiger partial charge on any atom is 0.242 e. The van der Waals surface area contributed by atoms with Crippen LogP contribution in [0.3, 0.4) is 0 Å². The largest absolute Gasteiger partial charge is 0.347 e. The molecular weight excluding hydrogens is 302 g/mol. The lowest BCUT2D eigenvalue weighted by Gasteiger charge is -2.29. The van der Waals surface area contributed by atoms with Gasteiger partial charge >= 0.3 is 0 Å². The molecule has 2 rings (SSSR count). The van der Waals surface area contributed by atoms with Crippen LogP contribution in [0.5, 0.6) is 0 Å². The molecule has 1 fully saturated rings. The number of amides is 2. The maximum atomic E-state index is 12.4. The molecule has 5 nitrogen and oxygen atoms in total. The highest BCUT2D eigenvalue weighted by Gasteiger charge is 2.25. The Morgan fingerprint density at radius 3 is 2.67 bits per heavy atom. The first kappa shape index (κ1) is 18.5. The van der Waals surface area contributed by atoms with Crippen molar-refractivity contribution >= 4 is 11.8 Å². The molecule has 132 valence electrons. The molecule has 0 spiro atoms. The van der Waals surface area contributed by atoms with E-state index in [1.165, 1.54) is 5.56 Å². The number of nitrogens with one attached hydrogen (secondary N) is 1. The van der Waals surface area contributed by atoms with E-state index in [1.54, 1.807) is 0 Å². The molecule has 1 aromatic carbocycles. The fourth-order valence-corrected chi connectivity index (χ4v) is 3.20. The molecule has 24 heavy (non-hydrogen) atoms. The minimum Gasteiger partial charge on any atom is -0.347 e.